The van der Waals surface area contributed by atoms with Crippen LogP contribution in [0.25, 0.3) is 0 Å². The Bertz CT molecular complexity index is 1470. The number of nitrogens with zero attached hydrogens (tertiary/aromatic N) is 3. The molecule has 0 bridgehead atoms. The molecule has 182 valence electrons. The second kappa shape index (κ2) is 8.99. The van der Waals surface area contributed by atoms with Gasteiger partial charge in [-0.05, 0) is 29.5 Å². The highest BCUT2D eigenvalue weighted by Gasteiger charge is 2.36. The summed E-state index contributed by atoms with van der Waals surface area (Å²) in [6.07, 6.45) is 2.43. The molecular formula is C23H22ClN5O5S. The predicted octanol–water partition coefficient (Wildman–Crippen LogP) is 3.20. The average Bonchev–Trinajstić information content (AvgIpc) is 2.79. The normalized spacial score (nSPS) is 13.4. The number of hydrogen-bond donors (Lipinski definition) is 3. The monoisotopic (exact) mass is 515 g/mol. The number of benzene rings is 2. The zero-order chi connectivity index (χ0) is 25.5. The summed E-state index contributed by atoms with van der Waals surface area (Å²) < 4.78 is 33.8. The number of carbonyl (C=O) groups excluding carboxylic acids is 2. The third-order valence-electron chi connectivity index (χ3n) is 5.85. The van der Waals surface area contributed by atoms with Gasteiger partial charge in [0.05, 0.1) is 16.8 Å². The van der Waals surface area contributed by atoms with Crippen LogP contribution in [0.15, 0.2) is 41.6 Å². The summed E-state index contributed by atoms with van der Waals surface area (Å²) in [4.78, 5) is 37.9. The van der Waals surface area contributed by atoms with E-state index in [0.717, 1.165) is 6.07 Å². The number of rotatable bonds is 7. The van der Waals surface area contributed by atoms with Crippen molar-refractivity contribution in [2.24, 2.45) is 5.41 Å². The number of fused-ring (bicyclic) bond motifs is 2. The Hall–Kier alpha value is -3.41. The number of ketones is 2. The third-order valence-corrected chi connectivity index (χ3v) is 6.93. The van der Waals surface area contributed by atoms with Crippen LogP contribution >= 0.6 is 11.6 Å². The van der Waals surface area contributed by atoms with Crippen LogP contribution in [0.4, 0.5) is 11.4 Å². The molecule has 1 aliphatic rings. The molecule has 2 aromatic carbocycles. The van der Waals surface area contributed by atoms with Gasteiger partial charge >= 0.3 is 0 Å². The van der Waals surface area contributed by atoms with Crippen molar-refractivity contribution in [1.29, 1.82) is 0 Å². The Kier molecular flexibility index (Phi) is 6.34. The fourth-order valence-electron chi connectivity index (χ4n) is 3.95. The number of halogens is 1. The summed E-state index contributed by atoms with van der Waals surface area (Å²) >= 11 is 5.82. The van der Waals surface area contributed by atoms with Crippen molar-refractivity contribution in [3.63, 3.8) is 0 Å². The van der Waals surface area contributed by atoms with Crippen LogP contribution in [0.2, 0.25) is 5.28 Å². The smallest absolute Gasteiger partial charge is 0.296 e. The van der Waals surface area contributed by atoms with E-state index in [4.69, 9.17) is 17.3 Å². The second-order valence-electron chi connectivity index (χ2n) is 8.95. The molecule has 0 amide bonds. The minimum Gasteiger partial charge on any atom is -0.397 e. The molecule has 0 unspecified atom stereocenters. The first-order chi connectivity index (χ1) is 16.4. The van der Waals surface area contributed by atoms with Gasteiger partial charge < -0.3 is 11.1 Å². The molecule has 0 saturated heterocycles. The van der Waals surface area contributed by atoms with Gasteiger partial charge in [0.1, 0.15) is 17.0 Å². The maximum Gasteiger partial charge on any atom is 0.296 e. The highest BCUT2D eigenvalue weighted by atomic mass is 35.5. The summed E-state index contributed by atoms with van der Waals surface area (Å²) in [6, 6.07) is 7.32. The molecule has 0 saturated carbocycles. The second-order valence-corrected chi connectivity index (χ2v) is 10.7. The van der Waals surface area contributed by atoms with Gasteiger partial charge in [-0.3, -0.25) is 14.1 Å². The third kappa shape index (κ3) is 4.88. The topological polar surface area (TPSA) is 165 Å². The van der Waals surface area contributed by atoms with Crippen molar-refractivity contribution >= 4 is 44.7 Å². The minimum absolute atomic E-state index is 0.0290. The van der Waals surface area contributed by atoms with Crippen molar-refractivity contribution in [3.8, 4) is 0 Å². The van der Waals surface area contributed by atoms with Crippen molar-refractivity contribution in [2.75, 3.05) is 17.6 Å². The minimum atomic E-state index is -4.78. The number of aromatic nitrogens is 3. The van der Waals surface area contributed by atoms with Crippen molar-refractivity contribution < 1.29 is 22.6 Å². The standard InChI is InChI=1S/C23H22ClN5O5S/c1-23(2,8-7-16-27-11-28-22(24)29-16)10-26-14-9-15(35(32,33)34)19(25)18-17(14)20(30)12-5-3-4-6-13(12)21(18)31/h3-6,9,11,26H,7-8,10,25H2,1-2H3,(H,32,33,34). The van der Waals surface area contributed by atoms with Crippen LogP contribution in [-0.4, -0.2) is 46.0 Å². The van der Waals surface area contributed by atoms with E-state index in [1.807, 2.05) is 13.8 Å². The van der Waals surface area contributed by atoms with Gasteiger partial charge in [0, 0.05) is 29.8 Å². The Labute approximate surface area is 206 Å². The molecule has 0 atom stereocenters. The van der Waals surface area contributed by atoms with Crippen molar-refractivity contribution in [2.45, 2.75) is 31.6 Å². The number of anilines is 2. The maximum atomic E-state index is 13.4. The molecule has 3 aromatic rings. The fourth-order valence-corrected chi connectivity index (χ4v) is 4.74. The van der Waals surface area contributed by atoms with Gasteiger partial charge in [0.25, 0.3) is 10.1 Å². The van der Waals surface area contributed by atoms with Crippen LogP contribution in [0.3, 0.4) is 0 Å². The van der Waals surface area contributed by atoms with E-state index in [0.29, 0.717) is 18.7 Å². The average molecular weight is 516 g/mol. The molecule has 1 heterocycles. The summed E-state index contributed by atoms with van der Waals surface area (Å²) in [7, 11) is -4.78. The van der Waals surface area contributed by atoms with Crippen molar-refractivity contribution in [1.82, 2.24) is 15.0 Å². The molecule has 10 nitrogen and oxygen atoms in total. The molecule has 1 aliphatic carbocycles. The first-order valence-electron chi connectivity index (χ1n) is 10.6. The zero-order valence-electron chi connectivity index (χ0n) is 18.9. The van der Waals surface area contributed by atoms with E-state index in [-0.39, 0.29) is 45.2 Å². The number of aryl methyl sites for hydroxylation is 1. The Morgan fingerprint density at radius 1 is 1.09 bits per heavy atom. The zero-order valence-corrected chi connectivity index (χ0v) is 20.4. The van der Waals surface area contributed by atoms with Gasteiger partial charge in [-0.25, -0.2) is 15.0 Å². The van der Waals surface area contributed by atoms with E-state index >= 15 is 0 Å². The van der Waals surface area contributed by atoms with Crippen LogP contribution in [0.5, 0.6) is 0 Å². The Balaban J connectivity index is 1.71. The number of nitrogens with one attached hydrogen (secondary N) is 1. The van der Waals surface area contributed by atoms with E-state index in [2.05, 4.69) is 20.3 Å². The molecule has 0 fully saturated rings. The molecule has 0 aliphatic heterocycles. The quantitative estimate of drug-likeness (QED) is 0.245. The van der Waals surface area contributed by atoms with Gasteiger partial charge in [-0.1, -0.05) is 38.1 Å². The predicted molar refractivity (Wildman–Crippen MR) is 129 cm³/mol. The number of nitrogen functional groups attached to an aromatic ring is 1. The van der Waals surface area contributed by atoms with Gasteiger partial charge in [-0.15, -0.1) is 0 Å². The van der Waals surface area contributed by atoms with E-state index < -0.39 is 32.3 Å². The molecule has 4 rings (SSSR count). The van der Waals surface area contributed by atoms with E-state index in [9.17, 15) is 22.6 Å². The van der Waals surface area contributed by atoms with Crippen LogP contribution in [-0.2, 0) is 16.5 Å². The maximum absolute atomic E-state index is 13.4. The summed E-state index contributed by atoms with van der Waals surface area (Å²) in [6.45, 7) is 4.20. The van der Waals surface area contributed by atoms with Crippen LogP contribution < -0.4 is 11.1 Å². The number of hydrogen-bond acceptors (Lipinski definition) is 9. The van der Waals surface area contributed by atoms with E-state index in [1.165, 1.54) is 18.5 Å². The summed E-state index contributed by atoms with van der Waals surface area (Å²) in [5.74, 6) is -0.537. The molecule has 0 radical (unpaired) electrons. The van der Waals surface area contributed by atoms with Gasteiger partial charge in [0.15, 0.2) is 11.6 Å². The lowest BCUT2D eigenvalue weighted by Crippen LogP contribution is -2.28. The lowest BCUT2D eigenvalue weighted by molar-refractivity contribution is 0.0980. The summed E-state index contributed by atoms with van der Waals surface area (Å²) in [5, 5.41) is 3.20. The molecule has 1 aromatic heterocycles. The molecule has 4 N–H and O–H groups in total. The number of nitrogens with two attached hydrogens (primary N) is 1. The van der Waals surface area contributed by atoms with E-state index in [1.54, 1.807) is 12.1 Å². The fraction of sp³-hybridized carbons (Fsp3) is 0.261. The van der Waals surface area contributed by atoms with Crippen molar-refractivity contribution in [3.05, 3.63) is 70.0 Å². The van der Waals surface area contributed by atoms with Gasteiger partial charge in [-0.2, -0.15) is 8.42 Å². The molecular weight excluding hydrogens is 494 g/mol. The Morgan fingerprint density at radius 2 is 1.71 bits per heavy atom. The van der Waals surface area contributed by atoms with Gasteiger partial charge in [0.2, 0.25) is 5.28 Å². The highest BCUT2D eigenvalue weighted by molar-refractivity contribution is 7.86. The summed E-state index contributed by atoms with van der Waals surface area (Å²) in [5.41, 5.74) is 5.28. The Morgan fingerprint density at radius 3 is 2.31 bits per heavy atom. The lowest BCUT2D eigenvalue weighted by atomic mass is 9.82. The molecule has 0 spiro atoms. The first-order valence-corrected chi connectivity index (χ1v) is 12.4. The number of carbonyl (C=O) groups is 2. The lowest BCUT2D eigenvalue weighted by Gasteiger charge is -2.28. The highest BCUT2D eigenvalue weighted by Crippen LogP contribution is 2.39. The van der Waals surface area contributed by atoms with Crippen LogP contribution in [0.1, 0.15) is 57.9 Å². The molecule has 35 heavy (non-hydrogen) atoms. The first kappa shape index (κ1) is 24.7. The SMILES string of the molecule is CC(C)(CCc1ncnc(Cl)n1)CNc1cc(S(=O)(=O)O)c(N)c2c1C(=O)c1ccccc1C2=O. The van der Waals surface area contributed by atoms with Crippen LogP contribution in [0, 0.1) is 5.41 Å². The largest absolute Gasteiger partial charge is 0.397 e. The molecule has 12 heteroatoms.